The zero-order valence-electron chi connectivity index (χ0n) is 13.4. The van der Waals surface area contributed by atoms with E-state index in [-0.39, 0.29) is 17.5 Å². The van der Waals surface area contributed by atoms with Gasteiger partial charge < -0.3 is 10.6 Å². The maximum Gasteiger partial charge on any atom is 0.276 e. The van der Waals surface area contributed by atoms with Gasteiger partial charge in [-0.2, -0.15) is 5.10 Å². The van der Waals surface area contributed by atoms with Crippen LogP contribution in [0.4, 0.5) is 11.5 Å². The lowest BCUT2D eigenvalue weighted by Gasteiger charge is -2.06. The highest BCUT2D eigenvalue weighted by Gasteiger charge is 2.16. The van der Waals surface area contributed by atoms with Crippen LogP contribution < -0.4 is 10.6 Å². The summed E-state index contributed by atoms with van der Waals surface area (Å²) in [5, 5.41) is 10.3. The van der Waals surface area contributed by atoms with Crippen LogP contribution in [0.25, 0.3) is 5.69 Å². The zero-order chi connectivity index (χ0) is 17.8. The molecule has 1 aromatic heterocycles. The molecule has 3 aromatic rings. The molecule has 1 heterocycles. The van der Waals surface area contributed by atoms with Gasteiger partial charge in [-0.1, -0.05) is 29.8 Å². The summed E-state index contributed by atoms with van der Waals surface area (Å²) in [6.07, 6.45) is 0. The van der Waals surface area contributed by atoms with Crippen molar-refractivity contribution in [2.75, 3.05) is 10.6 Å². The molecule has 2 N–H and O–H groups in total. The number of amides is 2. The van der Waals surface area contributed by atoms with E-state index in [2.05, 4.69) is 15.7 Å². The summed E-state index contributed by atoms with van der Waals surface area (Å²) in [6, 6.07) is 17.5. The van der Waals surface area contributed by atoms with Gasteiger partial charge in [0.05, 0.1) is 5.69 Å². The van der Waals surface area contributed by atoms with Crippen LogP contribution in [-0.2, 0) is 4.79 Å². The Labute approximate surface area is 149 Å². The van der Waals surface area contributed by atoms with Gasteiger partial charge in [0, 0.05) is 23.7 Å². The summed E-state index contributed by atoms with van der Waals surface area (Å²) in [7, 11) is 0. The quantitative estimate of drug-likeness (QED) is 0.749. The van der Waals surface area contributed by atoms with Crippen LogP contribution in [0.15, 0.2) is 60.7 Å². The molecule has 0 aliphatic heterocycles. The molecule has 0 radical (unpaired) electrons. The van der Waals surface area contributed by atoms with Gasteiger partial charge >= 0.3 is 0 Å². The Morgan fingerprint density at radius 3 is 2.32 bits per heavy atom. The Morgan fingerprint density at radius 1 is 1.00 bits per heavy atom. The monoisotopic (exact) mass is 354 g/mol. The number of carbonyl (C=O) groups is 2. The largest absolute Gasteiger partial charge is 0.321 e. The molecule has 2 amide bonds. The van der Waals surface area contributed by atoms with Gasteiger partial charge in [0.1, 0.15) is 5.82 Å². The molecule has 126 valence electrons. The highest BCUT2D eigenvalue weighted by atomic mass is 35.5. The van der Waals surface area contributed by atoms with Crippen molar-refractivity contribution in [2.45, 2.75) is 6.92 Å². The molecular formula is C18H15ClN4O2. The second-order valence-electron chi connectivity index (χ2n) is 5.30. The van der Waals surface area contributed by atoms with Crippen molar-refractivity contribution in [3.63, 3.8) is 0 Å². The number of rotatable bonds is 4. The van der Waals surface area contributed by atoms with Crippen molar-refractivity contribution in [2.24, 2.45) is 0 Å². The minimum absolute atomic E-state index is 0.183. The molecule has 3 rings (SSSR count). The SMILES string of the molecule is CC(=O)Nc1cc(C(=O)Nc2ccc(Cl)cc2)nn1-c1ccccc1. The van der Waals surface area contributed by atoms with E-state index >= 15 is 0 Å². The van der Waals surface area contributed by atoms with Gasteiger partial charge in [-0.3, -0.25) is 9.59 Å². The van der Waals surface area contributed by atoms with Gasteiger partial charge in [0.2, 0.25) is 5.91 Å². The fraction of sp³-hybridized carbons (Fsp3) is 0.0556. The lowest BCUT2D eigenvalue weighted by atomic mass is 10.3. The number of nitrogens with one attached hydrogen (secondary N) is 2. The van der Waals surface area contributed by atoms with Gasteiger partial charge in [-0.05, 0) is 36.4 Å². The number of nitrogens with zero attached hydrogens (tertiary/aromatic N) is 2. The summed E-state index contributed by atoms with van der Waals surface area (Å²) >= 11 is 5.84. The summed E-state index contributed by atoms with van der Waals surface area (Å²) < 4.78 is 1.51. The number of hydrogen-bond acceptors (Lipinski definition) is 3. The Morgan fingerprint density at radius 2 is 1.68 bits per heavy atom. The minimum atomic E-state index is -0.386. The van der Waals surface area contributed by atoms with Crippen molar-refractivity contribution in [1.29, 1.82) is 0 Å². The van der Waals surface area contributed by atoms with Crippen LogP contribution in [-0.4, -0.2) is 21.6 Å². The van der Waals surface area contributed by atoms with E-state index in [1.807, 2.05) is 30.3 Å². The number of halogens is 1. The molecule has 0 aliphatic rings. The first-order valence-electron chi connectivity index (χ1n) is 7.53. The molecule has 6 nitrogen and oxygen atoms in total. The molecule has 2 aromatic carbocycles. The number of anilines is 2. The Bertz CT molecular complexity index is 905. The van der Waals surface area contributed by atoms with Gasteiger partial charge in [0.15, 0.2) is 5.69 Å². The first-order chi connectivity index (χ1) is 12.0. The predicted molar refractivity (Wildman–Crippen MR) is 97.3 cm³/mol. The summed E-state index contributed by atoms with van der Waals surface area (Å²) in [5.41, 5.74) is 1.52. The molecule has 0 atom stereocenters. The molecule has 0 bridgehead atoms. The number of carbonyl (C=O) groups excluding carboxylic acids is 2. The third kappa shape index (κ3) is 4.05. The van der Waals surface area contributed by atoms with Gasteiger partial charge in [0.25, 0.3) is 5.91 Å². The van der Waals surface area contributed by atoms with Crippen molar-refractivity contribution >= 4 is 34.9 Å². The molecule has 0 aliphatic carbocycles. The highest BCUT2D eigenvalue weighted by molar-refractivity contribution is 6.30. The van der Waals surface area contributed by atoms with Crippen LogP contribution in [0.1, 0.15) is 17.4 Å². The Hall–Kier alpha value is -3.12. The van der Waals surface area contributed by atoms with Crippen LogP contribution in [0.3, 0.4) is 0 Å². The normalized spacial score (nSPS) is 10.3. The third-order valence-electron chi connectivity index (χ3n) is 3.35. The van der Waals surface area contributed by atoms with E-state index in [9.17, 15) is 9.59 Å². The molecule has 0 saturated heterocycles. The molecule has 25 heavy (non-hydrogen) atoms. The van der Waals surface area contributed by atoms with Crippen molar-refractivity contribution in [3.05, 3.63) is 71.4 Å². The number of para-hydroxylation sites is 1. The van der Waals surface area contributed by atoms with Gasteiger partial charge in [-0.15, -0.1) is 0 Å². The van der Waals surface area contributed by atoms with E-state index in [1.165, 1.54) is 17.7 Å². The molecule has 7 heteroatoms. The lowest BCUT2D eigenvalue weighted by Crippen LogP contribution is -2.13. The number of hydrogen-bond donors (Lipinski definition) is 2. The summed E-state index contributed by atoms with van der Waals surface area (Å²) in [4.78, 5) is 23.9. The van der Waals surface area contributed by atoms with E-state index in [0.717, 1.165) is 5.69 Å². The first-order valence-corrected chi connectivity index (χ1v) is 7.91. The molecule has 0 unspecified atom stereocenters. The lowest BCUT2D eigenvalue weighted by molar-refractivity contribution is -0.114. The zero-order valence-corrected chi connectivity index (χ0v) is 14.1. The molecule has 0 spiro atoms. The number of aromatic nitrogens is 2. The summed E-state index contributed by atoms with van der Waals surface area (Å²) in [5.74, 6) is -0.217. The van der Waals surface area contributed by atoms with Crippen molar-refractivity contribution < 1.29 is 9.59 Å². The predicted octanol–water partition coefficient (Wildman–Crippen LogP) is 3.74. The van der Waals surface area contributed by atoms with Crippen LogP contribution in [0, 0.1) is 0 Å². The second kappa shape index (κ2) is 7.19. The van der Waals surface area contributed by atoms with E-state index in [1.54, 1.807) is 24.3 Å². The van der Waals surface area contributed by atoms with E-state index < -0.39 is 0 Å². The first kappa shape index (κ1) is 16.7. The van der Waals surface area contributed by atoms with Gasteiger partial charge in [-0.25, -0.2) is 4.68 Å². The second-order valence-corrected chi connectivity index (χ2v) is 5.74. The average Bonchev–Trinajstić information content (AvgIpc) is 3.01. The van der Waals surface area contributed by atoms with E-state index in [0.29, 0.717) is 16.5 Å². The van der Waals surface area contributed by atoms with Crippen molar-refractivity contribution in [3.8, 4) is 5.69 Å². The highest BCUT2D eigenvalue weighted by Crippen LogP contribution is 2.19. The molecule has 0 saturated carbocycles. The van der Waals surface area contributed by atoms with Crippen LogP contribution in [0.5, 0.6) is 0 Å². The van der Waals surface area contributed by atoms with Crippen LogP contribution in [0.2, 0.25) is 5.02 Å². The maximum atomic E-state index is 12.4. The number of benzene rings is 2. The van der Waals surface area contributed by atoms with Crippen LogP contribution >= 0.6 is 11.6 Å². The molecule has 0 fully saturated rings. The average molecular weight is 355 g/mol. The fourth-order valence-electron chi connectivity index (χ4n) is 2.26. The Balaban J connectivity index is 1.91. The standard InChI is InChI=1S/C18H15ClN4O2/c1-12(24)20-17-11-16(22-23(17)15-5-3-2-4-6-15)18(25)21-14-9-7-13(19)8-10-14/h2-11H,1H3,(H,20,24)(H,21,25). The third-order valence-corrected chi connectivity index (χ3v) is 3.60. The smallest absolute Gasteiger partial charge is 0.276 e. The molecular weight excluding hydrogens is 340 g/mol. The summed E-state index contributed by atoms with van der Waals surface area (Å²) in [6.45, 7) is 1.40. The topological polar surface area (TPSA) is 76.0 Å². The Kier molecular flexibility index (Phi) is 4.81. The van der Waals surface area contributed by atoms with Crippen molar-refractivity contribution in [1.82, 2.24) is 9.78 Å². The van der Waals surface area contributed by atoms with E-state index in [4.69, 9.17) is 11.6 Å². The maximum absolute atomic E-state index is 12.4. The minimum Gasteiger partial charge on any atom is -0.321 e. The fourth-order valence-corrected chi connectivity index (χ4v) is 2.38.